The van der Waals surface area contributed by atoms with E-state index in [2.05, 4.69) is 10.3 Å². The fourth-order valence-electron chi connectivity index (χ4n) is 3.43. The molecule has 144 valence electrons. The van der Waals surface area contributed by atoms with Crippen LogP contribution in [0.4, 0.5) is 0 Å². The smallest absolute Gasteiger partial charge is 0.266 e. The predicted molar refractivity (Wildman–Crippen MR) is 110 cm³/mol. The highest BCUT2D eigenvalue weighted by atomic mass is 16.5. The summed E-state index contributed by atoms with van der Waals surface area (Å²) in [4.78, 5) is 16.3. The molecule has 1 saturated heterocycles. The molecule has 0 radical (unpaired) electrons. The monoisotopic (exact) mass is 384 g/mol. The second-order valence-electron chi connectivity index (χ2n) is 6.84. The molecule has 0 aliphatic carbocycles. The van der Waals surface area contributed by atoms with E-state index in [1.54, 1.807) is 30.6 Å². The Morgan fingerprint density at radius 3 is 2.66 bits per heavy atom. The molecule has 0 saturated carbocycles. The second kappa shape index (κ2) is 8.06. The molecule has 29 heavy (non-hydrogen) atoms. The van der Waals surface area contributed by atoms with Crippen LogP contribution >= 0.6 is 0 Å². The van der Waals surface area contributed by atoms with Gasteiger partial charge in [-0.15, -0.1) is 0 Å². The van der Waals surface area contributed by atoms with Crippen molar-refractivity contribution in [3.8, 4) is 5.75 Å². The molecule has 6 nitrogen and oxygen atoms in total. The first kappa shape index (κ1) is 18.6. The van der Waals surface area contributed by atoms with Gasteiger partial charge in [0, 0.05) is 12.4 Å². The first-order valence-electron chi connectivity index (χ1n) is 9.28. The van der Waals surface area contributed by atoms with Crippen LogP contribution in [0.25, 0.3) is 0 Å². The molecule has 4 rings (SSSR count). The Balaban J connectivity index is 1.56. The summed E-state index contributed by atoms with van der Waals surface area (Å²) in [7, 11) is 0. The summed E-state index contributed by atoms with van der Waals surface area (Å²) in [5, 5.41) is 19.7. The van der Waals surface area contributed by atoms with Gasteiger partial charge in [0.05, 0.1) is 17.7 Å². The van der Waals surface area contributed by atoms with Crippen molar-refractivity contribution in [2.75, 3.05) is 0 Å². The minimum absolute atomic E-state index is 0.112. The maximum atomic E-state index is 12.2. The number of ether oxygens (including phenoxy) is 1. The summed E-state index contributed by atoms with van der Waals surface area (Å²) in [6.45, 7) is 0.426. The second-order valence-corrected chi connectivity index (χ2v) is 6.84. The molecule has 2 aromatic carbocycles. The lowest BCUT2D eigenvalue weighted by molar-refractivity contribution is -0.114. The van der Waals surface area contributed by atoms with Crippen LogP contribution in [0.1, 0.15) is 22.7 Å². The van der Waals surface area contributed by atoms with Crippen molar-refractivity contribution in [1.29, 1.82) is 10.8 Å². The van der Waals surface area contributed by atoms with Crippen LogP contribution in [0.15, 0.2) is 79.1 Å². The lowest BCUT2D eigenvalue weighted by Crippen LogP contribution is -2.26. The van der Waals surface area contributed by atoms with Gasteiger partial charge in [0.25, 0.3) is 5.91 Å². The summed E-state index contributed by atoms with van der Waals surface area (Å²) < 4.78 is 5.86. The molecule has 3 N–H and O–H groups in total. The van der Waals surface area contributed by atoms with Gasteiger partial charge < -0.3 is 15.5 Å². The number of amides is 1. The van der Waals surface area contributed by atoms with Gasteiger partial charge in [-0.05, 0) is 34.9 Å². The topological polar surface area (TPSA) is 98.9 Å². The van der Waals surface area contributed by atoms with Crippen molar-refractivity contribution in [2.45, 2.75) is 12.6 Å². The van der Waals surface area contributed by atoms with Gasteiger partial charge in [-0.2, -0.15) is 0 Å². The van der Waals surface area contributed by atoms with Crippen LogP contribution in [0.5, 0.6) is 5.75 Å². The minimum atomic E-state index is -0.684. The number of rotatable bonds is 6. The molecule has 0 bridgehead atoms. The predicted octanol–water partition coefficient (Wildman–Crippen LogP) is 3.54. The van der Waals surface area contributed by atoms with Crippen LogP contribution < -0.4 is 10.1 Å². The van der Waals surface area contributed by atoms with E-state index in [0.717, 1.165) is 11.1 Å². The summed E-state index contributed by atoms with van der Waals surface area (Å²) in [5.74, 6) is -0.501. The molecule has 1 amide bonds. The van der Waals surface area contributed by atoms with Crippen molar-refractivity contribution in [1.82, 2.24) is 10.3 Å². The van der Waals surface area contributed by atoms with Crippen LogP contribution in [-0.2, 0) is 11.4 Å². The largest absolute Gasteiger partial charge is 0.489 e. The number of carbonyl (C=O) groups is 1. The standard InChI is InChI=1S/C23H20N4O2/c24-20(19-21(25)23(28)27-22(19)17-9-5-11-26-13-17)16-8-4-10-18(12-16)29-14-15-6-2-1-3-7-15/h1-13,19,22,24-25H,14H2,(H,27,28). The Labute approximate surface area is 168 Å². The fraction of sp³-hybridized carbons (Fsp3) is 0.130. The number of aromatic nitrogens is 1. The molecule has 2 atom stereocenters. The van der Waals surface area contributed by atoms with Crippen molar-refractivity contribution in [3.05, 3.63) is 95.8 Å². The molecule has 1 aliphatic rings. The van der Waals surface area contributed by atoms with E-state index >= 15 is 0 Å². The molecule has 1 fully saturated rings. The molecule has 2 unspecified atom stereocenters. The summed E-state index contributed by atoms with van der Waals surface area (Å²) in [6.07, 6.45) is 3.31. The molecular weight excluding hydrogens is 364 g/mol. The highest BCUT2D eigenvalue weighted by molar-refractivity contribution is 6.45. The number of nitrogens with one attached hydrogen (secondary N) is 3. The van der Waals surface area contributed by atoms with Gasteiger partial charge in [0.1, 0.15) is 18.1 Å². The zero-order valence-electron chi connectivity index (χ0n) is 15.6. The van der Waals surface area contributed by atoms with E-state index in [4.69, 9.17) is 15.6 Å². The van der Waals surface area contributed by atoms with E-state index in [0.29, 0.717) is 17.9 Å². The van der Waals surface area contributed by atoms with Crippen molar-refractivity contribution < 1.29 is 9.53 Å². The van der Waals surface area contributed by atoms with Gasteiger partial charge in [0.2, 0.25) is 0 Å². The average molecular weight is 384 g/mol. The normalized spacial score (nSPS) is 18.3. The Morgan fingerprint density at radius 2 is 1.90 bits per heavy atom. The van der Waals surface area contributed by atoms with Crippen LogP contribution in [0.3, 0.4) is 0 Å². The van der Waals surface area contributed by atoms with Crippen molar-refractivity contribution in [2.24, 2.45) is 5.92 Å². The van der Waals surface area contributed by atoms with Gasteiger partial charge in [-0.25, -0.2) is 0 Å². The molecular formula is C23H20N4O2. The highest BCUT2D eigenvalue weighted by Crippen LogP contribution is 2.31. The molecule has 6 heteroatoms. The highest BCUT2D eigenvalue weighted by Gasteiger charge is 2.41. The van der Waals surface area contributed by atoms with Crippen molar-refractivity contribution in [3.63, 3.8) is 0 Å². The van der Waals surface area contributed by atoms with E-state index in [-0.39, 0.29) is 11.4 Å². The number of hydrogen-bond donors (Lipinski definition) is 3. The van der Waals surface area contributed by atoms with E-state index < -0.39 is 17.9 Å². The van der Waals surface area contributed by atoms with Gasteiger partial charge in [-0.3, -0.25) is 15.2 Å². The first-order chi connectivity index (χ1) is 14.1. The fourth-order valence-corrected chi connectivity index (χ4v) is 3.43. The van der Waals surface area contributed by atoms with Crippen LogP contribution in [-0.4, -0.2) is 22.3 Å². The number of nitrogens with zero attached hydrogens (tertiary/aromatic N) is 1. The molecule has 3 aromatic rings. The summed E-state index contributed by atoms with van der Waals surface area (Å²) in [6, 6.07) is 20.2. The zero-order valence-corrected chi connectivity index (χ0v) is 15.6. The maximum absolute atomic E-state index is 12.2. The number of benzene rings is 2. The number of pyridine rings is 1. The Morgan fingerprint density at radius 1 is 1.07 bits per heavy atom. The lowest BCUT2D eigenvalue weighted by Gasteiger charge is -2.20. The minimum Gasteiger partial charge on any atom is -0.489 e. The SMILES string of the molecule is N=C1C(=O)NC(c2cccnc2)C1C(=N)c1cccc(OCc2ccccc2)c1. The third-order valence-electron chi connectivity index (χ3n) is 4.92. The third kappa shape index (κ3) is 3.91. The Kier molecular flexibility index (Phi) is 5.16. The average Bonchev–Trinajstić information content (AvgIpc) is 3.08. The van der Waals surface area contributed by atoms with Gasteiger partial charge in [-0.1, -0.05) is 48.5 Å². The maximum Gasteiger partial charge on any atom is 0.266 e. The van der Waals surface area contributed by atoms with Crippen LogP contribution in [0.2, 0.25) is 0 Å². The Hall–Kier alpha value is -3.80. The molecule has 2 heterocycles. The van der Waals surface area contributed by atoms with E-state index in [9.17, 15) is 4.79 Å². The van der Waals surface area contributed by atoms with Gasteiger partial charge in [0.15, 0.2) is 0 Å². The summed E-state index contributed by atoms with van der Waals surface area (Å²) >= 11 is 0. The third-order valence-corrected chi connectivity index (χ3v) is 4.92. The van der Waals surface area contributed by atoms with Gasteiger partial charge >= 0.3 is 0 Å². The Bertz CT molecular complexity index is 1050. The molecule has 0 spiro atoms. The number of hydrogen-bond acceptors (Lipinski definition) is 5. The first-order valence-corrected chi connectivity index (χ1v) is 9.28. The van der Waals surface area contributed by atoms with E-state index in [1.807, 2.05) is 48.5 Å². The quantitative estimate of drug-likeness (QED) is 0.567. The number of carbonyl (C=O) groups excluding carboxylic acids is 1. The zero-order chi connectivity index (χ0) is 20.2. The van der Waals surface area contributed by atoms with E-state index in [1.165, 1.54) is 0 Å². The molecule has 1 aromatic heterocycles. The van der Waals surface area contributed by atoms with Crippen LogP contribution in [0, 0.1) is 16.7 Å². The summed E-state index contributed by atoms with van der Waals surface area (Å²) in [5.41, 5.74) is 2.54. The lowest BCUT2D eigenvalue weighted by atomic mass is 9.86. The van der Waals surface area contributed by atoms with Crippen molar-refractivity contribution >= 4 is 17.3 Å². The molecule has 1 aliphatic heterocycles.